The van der Waals surface area contributed by atoms with Gasteiger partial charge in [0.05, 0.1) is 17.7 Å². The summed E-state index contributed by atoms with van der Waals surface area (Å²) in [5.74, 6) is -1.66. The number of furan rings is 1. The van der Waals surface area contributed by atoms with E-state index in [2.05, 4.69) is 0 Å². The summed E-state index contributed by atoms with van der Waals surface area (Å²) in [4.78, 5) is 24.7. The largest absolute Gasteiger partial charge is 0.507 e. The first-order valence-corrected chi connectivity index (χ1v) is 6.25. The monoisotopic (exact) mass is 288 g/mol. The Hall–Kier alpha value is -2.44. The lowest BCUT2D eigenvalue weighted by atomic mass is 9.87. The average molecular weight is 288 g/mol. The van der Waals surface area contributed by atoms with Gasteiger partial charge in [0, 0.05) is 5.56 Å². The minimum absolute atomic E-state index is 0.0299. The molecular formula is C15H12O6. The highest BCUT2D eigenvalue weighted by atomic mass is 16.4. The second-order valence-electron chi connectivity index (χ2n) is 5.14. The van der Waals surface area contributed by atoms with Gasteiger partial charge >= 0.3 is 0 Å². The van der Waals surface area contributed by atoms with Gasteiger partial charge in [-0.3, -0.25) is 9.59 Å². The molecule has 0 amide bonds. The van der Waals surface area contributed by atoms with Crippen LogP contribution in [0.5, 0.6) is 5.75 Å². The third-order valence-corrected chi connectivity index (χ3v) is 3.54. The third kappa shape index (κ3) is 1.80. The van der Waals surface area contributed by atoms with Crippen molar-refractivity contribution in [2.45, 2.75) is 12.5 Å². The summed E-state index contributed by atoms with van der Waals surface area (Å²) in [6, 6.07) is 5.42. The zero-order valence-corrected chi connectivity index (χ0v) is 11.1. The van der Waals surface area contributed by atoms with Crippen molar-refractivity contribution >= 4 is 11.6 Å². The lowest BCUT2D eigenvalue weighted by molar-refractivity contribution is -0.0199. The minimum atomic E-state index is -1.70. The highest BCUT2D eigenvalue weighted by Gasteiger charge is 2.38. The van der Waals surface area contributed by atoms with Crippen LogP contribution in [-0.4, -0.2) is 33.5 Å². The highest BCUT2D eigenvalue weighted by Crippen LogP contribution is 2.36. The molecule has 2 aromatic rings. The van der Waals surface area contributed by atoms with Crippen LogP contribution in [0.1, 0.15) is 44.7 Å². The maximum absolute atomic E-state index is 12.4. The number of rotatable bonds is 2. The number of aliphatic hydroxyl groups is 2. The first-order valence-electron chi connectivity index (χ1n) is 6.25. The molecule has 21 heavy (non-hydrogen) atoms. The van der Waals surface area contributed by atoms with Crippen LogP contribution in [0, 0.1) is 0 Å². The molecule has 0 saturated carbocycles. The zero-order valence-electron chi connectivity index (χ0n) is 11.1. The molecule has 0 aliphatic heterocycles. The smallest absolute Gasteiger partial charge is 0.229 e. The molecule has 108 valence electrons. The summed E-state index contributed by atoms with van der Waals surface area (Å²) < 4.78 is 5.28. The molecule has 3 rings (SSSR count). The predicted molar refractivity (Wildman–Crippen MR) is 70.3 cm³/mol. The molecule has 6 nitrogen and oxygen atoms in total. The Bertz CT molecular complexity index is 768. The standard InChI is InChI=1S/C15H12O6/c1-15(20,6-16)10-5-8-12(18)11-7(3-2-4-9(11)17)13(19)14(8)21-10/h2-5,16-17,20H,6H2,1H3. The van der Waals surface area contributed by atoms with Crippen LogP contribution < -0.4 is 0 Å². The topological polar surface area (TPSA) is 108 Å². The number of fused-ring (bicyclic) bond motifs is 2. The first-order chi connectivity index (χ1) is 9.86. The van der Waals surface area contributed by atoms with E-state index in [9.17, 15) is 19.8 Å². The summed E-state index contributed by atoms with van der Waals surface area (Å²) in [7, 11) is 0. The molecule has 0 fully saturated rings. The number of aromatic hydroxyl groups is 1. The van der Waals surface area contributed by atoms with Crippen LogP contribution in [0.4, 0.5) is 0 Å². The molecule has 3 N–H and O–H groups in total. The van der Waals surface area contributed by atoms with Crippen molar-refractivity contribution < 1.29 is 29.3 Å². The van der Waals surface area contributed by atoms with Gasteiger partial charge in [0.25, 0.3) is 0 Å². The maximum Gasteiger partial charge on any atom is 0.229 e. The van der Waals surface area contributed by atoms with E-state index in [1.807, 2.05) is 0 Å². The van der Waals surface area contributed by atoms with E-state index in [4.69, 9.17) is 9.52 Å². The molecule has 1 heterocycles. The molecule has 1 atom stereocenters. The molecule has 1 aromatic carbocycles. The van der Waals surface area contributed by atoms with Gasteiger partial charge in [0.15, 0.2) is 5.76 Å². The van der Waals surface area contributed by atoms with Crippen molar-refractivity contribution in [2.75, 3.05) is 6.61 Å². The SMILES string of the molecule is CC(O)(CO)c1cc2c(o1)C(=O)c1cccc(O)c1C2=O. The van der Waals surface area contributed by atoms with Crippen molar-refractivity contribution in [3.05, 3.63) is 52.5 Å². The van der Waals surface area contributed by atoms with Crippen LogP contribution >= 0.6 is 0 Å². The average Bonchev–Trinajstić information content (AvgIpc) is 2.91. The quantitative estimate of drug-likeness (QED) is 0.648. The second-order valence-corrected chi connectivity index (χ2v) is 5.14. The van der Waals surface area contributed by atoms with E-state index in [-0.39, 0.29) is 34.0 Å². The Morgan fingerprint density at radius 1 is 1.19 bits per heavy atom. The number of phenols is 1. The fraction of sp³-hybridized carbons (Fsp3) is 0.200. The second kappa shape index (κ2) is 4.28. The lowest BCUT2D eigenvalue weighted by Gasteiger charge is -2.16. The zero-order chi connectivity index (χ0) is 15.4. The van der Waals surface area contributed by atoms with Gasteiger partial charge in [-0.05, 0) is 25.1 Å². The Morgan fingerprint density at radius 2 is 1.90 bits per heavy atom. The van der Waals surface area contributed by atoms with E-state index in [1.54, 1.807) is 0 Å². The first kappa shape index (κ1) is 13.5. The molecule has 6 heteroatoms. The Morgan fingerprint density at radius 3 is 2.57 bits per heavy atom. The number of aliphatic hydroxyl groups excluding tert-OH is 1. The van der Waals surface area contributed by atoms with Crippen LogP contribution in [-0.2, 0) is 5.60 Å². The number of carbonyl (C=O) groups is 2. The summed E-state index contributed by atoms with van der Waals surface area (Å²) in [5, 5.41) is 28.9. The Labute approximate surface area is 119 Å². The lowest BCUT2D eigenvalue weighted by Crippen LogP contribution is -2.25. The number of benzene rings is 1. The van der Waals surface area contributed by atoms with Crippen molar-refractivity contribution in [2.24, 2.45) is 0 Å². The van der Waals surface area contributed by atoms with Gasteiger partial charge in [0.1, 0.15) is 17.1 Å². The highest BCUT2D eigenvalue weighted by molar-refractivity contribution is 6.28. The molecule has 1 aliphatic rings. The van der Waals surface area contributed by atoms with Gasteiger partial charge in [-0.25, -0.2) is 0 Å². The Kier molecular flexibility index (Phi) is 2.76. The molecule has 0 radical (unpaired) electrons. The molecule has 0 spiro atoms. The fourth-order valence-electron chi connectivity index (χ4n) is 2.30. The van der Waals surface area contributed by atoms with Crippen LogP contribution in [0.3, 0.4) is 0 Å². The van der Waals surface area contributed by atoms with E-state index in [0.717, 1.165) is 0 Å². The van der Waals surface area contributed by atoms with Crippen LogP contribution in [0.15, 0.2) is 28.7 Å². The minimum Gasteiger partial charge on any atom is -0.507 e. The normalized spacial score (nSPS) is 16.3. The van der Waals surface area contributed by atoms with E-state index >= 15 is 0 Å². The van der Waals surface area contributed by atoms with Crippen LogP contribution in [0.2, 0.25) is 0 Å². The summed E-state index contributed by atoms with van der Waals surface area (Å²) in [6.45, 7) is 0.677. The number of ketones is 2. The molecule has 0 bridgehead atoms. The number of hydrogen-bond acceptors (Lipinski definition) is 6. The van der Waals surface area contributed by atoms with Gasteiger partial charge in [-0.2, -0.15) is 0 Å². The number of carbonyl (C=O) groups excluding carboxylic acids is 2. The fourth-order valence-corrected chi connectivity index (χ4v) is 2.30. The van der Waals surface area contributed by atoms with E-state index < -0.39 is 23.8 Å². The summed E-state index contributed by atoms with van der Waals surface area (Å²) >= 11 is 0. The summed E-state index contributed by atoms with van der Waals surface area (Å²) in [6.07, 6.45) is 0. The van der Waals surface area contributed by atoms with Gasteiger partial charge in [0.2, 0.25) is 11.6 Å². The number of hydrogen-bond donors (Lipinski definition) is 3. The third-order valence-electron chi connectivity index (χ3n) is 3.54. The van der Waals surface area contributed by atoms with Crippen molar-refractivity contribution in [1.82, 2.24) is 0 Å². The summed E-state index contributed by atoms with van der Waals surface area (Å²) in [5.41, 5.74) is -1.76. The van der Waals surface area contributed by atoms with Crippen molar-refractivity contribution in [3.63, 3.8) is 0 Å². The van der Waals surface area contributed by atoms with Gasteiger partial charge < -0.3 is 19.7 Å². The molecule has 1 aromatic heterocycles. The van der Waals surface area contributed by atoms with Gasteiger partial charge in [-0.15, -0.1) is 0 Å². The van der Waals surface area contributed by atoms with Crippen LogP contribution in [0.25, 0.3) is 0 Å². The van der Waals surface area contributed by atoms with Crippen molar-refractivity contribution in [3.8, 4) is 5.75 Å². The molecule has 0 saturated heterocycles. The molecule has 1 unspecified atom stereocenters. The Balaban J connectivity index is 2.23. The predicted octanol–water partition coefficient (Wildman–Crippen LogP) is 0.960. The molecular weight excluding hydrogens is 276 g/mol. The molecule has 1 aliphatic carbocycles. The maximum atomic E-state index is 12.4. The number of phenolic OH excluding ortho intramolecular Hbond substituents is 1. The van der Waals surface area contributed by atoms with E-state index in [0.29, 0.717) is 0 Å². The van der Waals surface area contributed by atoms with Crippen molar-refractivity contribution in [1.29, 1.82) is 0 Å². The van der Waals surface area contributed by atoms with Gasteiger partial charge in [-0.1, -0.05) is 6.07 Å². The van der Waals surface area contributed by atoms with E-state index in [1.165, 1.54) is 31.2 Å².